The van der Waals surface area contributed by atoms with E-state index >= 15 is 0 Å². The summed E-state index contributed by atoms with van der Waals surface area (Å²) in [6.07, 6.45) is 0. The van der Waals surface area contributed by atoms with Gasteiger partial charge in [0.25, 0.3) is 0 Å². The zero-order valence-electron chi connectivity index (χ0n) is 15.2. The van der Waals surface area contributed by atoms with Gasteiger partial charge in [0.15, 0.2) is 11.6 Å². The summed E-state index contributed by atoms with van der Waals surface area (Å²) in [6.45, 7) is 0. The lowest BCUT2D eigenvalue weighted by atomic mass is 10.0. The Morgan fingerprint density at radius 3 is 1.11 bits per heavy atom. The van der Waals surface area contributed by atoms with Gasteiger partial charge in [0.2, 0.25) is 0 Å². The first-order chi connectivity index (χ1) is 13.7. The zero-order valence-corrected chi connectivity index (χ0v) is 15.2. The number of ketones is 2. The van der Waals surface area contributed by atoms with E-state index in [1.807, 2.05) is 109 Å². The predicted molar refractivity (Wildman–Crippen MR) is 112 cm³/mol. The molecule has 2 nitrogen and oxygen atoms in total. The number of hydrogen-bond donors (Lipinski definition) is 0. The Labute approximate surface area is 164 Å². The fourth-order valence-electron chi connectivity index (χ4n) is 3.14. The third-order valence-corrected chi connectivity index (χ3v) is 4.70. The highest BCUT2D eigenvalue weighted by atomic mass is 16.1. The van der Waals surface area contributed by atoms with Crippen molar-refractivity contribution >= 4 is 11.6 Å². The van der Waals surface area contributed by atoms with Crippen LogP contribution in [0.25, 0.3) is 11.1 Å². The van der Waals surface area contributed by atoms with Crippen molar-refractivity contribution in [3.05, 3.63) is 131 Å². The summed E-state index contributed by atoms with van der Waals surface area (Å²) < 4.78 is 0. The van der Waals surface area contributed by atoms with Crippen LogP contribution in [0.3, 0.4) is 0 Å². The normalized spacial score (nSPS) is 11.1. The molecule has 0 amide bonds. The Morgan fingerprint density at radius 1 is 0.429 bits per heavy atom. The maximum atomic E-state index is 11.9. The van der Waals surface area contributed by atoms with Crippen LogP contribution in [0.2, 0.25) is 0 Å². The minimum Gasteiger partial charge on any atom is -0.289 e. The van der Waals surface area contributed by atoms with E-state index in [0.29, 0.717) is 0 Å². The van der Waals surface area contributed by atoms with Crippen molar-refractivity contribution < 1.29 is 9.59 Å². The molecule has 2 heteroatoms. The lowest BCUT2D eigenvalue weighted by Gasteiger charge is -1.99. The molecule has 0 spiro atoms. The lowest BCUT2D eigenvalue weighted by molar-refractivity contribution is 0.103. The van der Waals surface area contributed by atoms with E-state index in [9.17, 15) is 9.59 Å². The van der Waals surface area contributed by atoms with Crippen LogP contribution in [0.15, 0.2) is 109 Å². The minimum atomic E-state index is 0.0752. The molecule has 0 unspecified atom stereocenters. The van der Waals surface area contributed by atoms with Crippen molar-refractivity contribution in [2.24, 2.45) is 0 Å². The third-order valence-electron chi connectivity index (χ3n) is 4.70. The van der Waals surface area contributed by atoms with Gasteiger partial charge >= 0.3 is 0 Å². The summed E-state index contributed by atoms with van der Waals surface area (Å²) >= 11 is 0. The van der Waals surface area contributed by atoms with Crippen LogP contribution in [-0.2, 0) is 0 Å². The van der Waals surface area contributed by atoms with E-state index in [1.165, 1.54) is 0 Å². The van der Waals surface area contributed by atoms with E-state index in [-0.39, 0.29) is 11.6 Å². The van der Waals surface area contributed by atoms with Gasteiger partial charge in [-0.2, -0.15) is 0 Å². The van der Waals surface area contributed by atoms with Crippen LogP contribution in [0.5, 0.6) is 0 Å². The number of carbonyl (C=O) groups is 2. The number of rotatable bonds is 2. The third kappa shape index (κ3) is 3.67. The van der Waals surface area contributed by atoms with Gasteiger partial charge in [-0.15, -0.1) is 0 Å². The molecule has 0 saturated heterocycles. The molecule has 0 saturated carbocycles. The quantitative estimate of drug-likeness (QED) is 0.371. The molecule has 134 valence electrons. The summed E-state index contributed by atoms with van der Waals surface area (Å²) in [5.74, 6) is 0.177. The molecule has 4 aliphatic rings. The lowest BCUT2D eigenvalue weighted by Crippen LogP contribution is -1.99. The standard InChI is InChI=1S/C13H8O.C13H10O/c14-13-11-5-1-9(2-6-11)10-3-7-12(13)8-4-10;14-13(11-7-3-1-4-8-11)12-9-5-2-6-10-12/h1-8H;1-10H. The molecule has 0 aromatic heterocycles. The van der Waals surface area contributed by atoms with Gasteiger partial charge in [-0.05, 0) is 11.1 Å². The summed E-state index contributed by atoms with van der Waals surface area (Å²) in [5, 5.41) is 0. The van der Waals surface area contributed by atoms with E-state index in [0.717, 1.165) is 33.4 Å². The van der Waals surface area contributed by atoms with E-state index < -0.39 is 0 Å². The van der Waals surface area contributed by atoms with Crippen molar-refractivity contribution in [2.75, 3.05) is 0 Å². The largest absolute Gasteiger partial charge is 0.289 e. The first kappa shape index (κ1) is 17.6. The first-order valence-corrected chi connectivity index (χ1v) is 9.12. The molecule has 28 heavy (non-hydrogen) atoms. The van der Waals surface area contributed by atoms with Crippen LogP contribution in [-0.4, -0.2) is 11.6 Å². The summed E-state index contributed by atoms with van der Waals surface area (Å²) in [6, 6.07) is 34.1. The molecule has 0 atom stereocenters. The Morgan fingerprint density at radius 2 is 0.750 bits per heavy atom. The molecular formula is C26H18O2. The second-order valence-electron chi connectivity index (χ2n) is 6.54. The van der Waals surface area contributed by atoms with E-state index in [2.05, 4.69) is 0 Å². The van der Waals surface area contributed by atoms with Crippen molar-refractivity contribution in [3.63, 3.8) is 0 Å². The predicted octanol–water partition coefficient (Wildman–Crippen LogP) is 5.82. The Bertz CT molecular complexity index is 1000. The fourth-order valence-corrected chi connectivity index (χ4v) is 3.14. The van der Waals surface area contributed by atoms with Crippen molar-refractivity contribution in [1.82, 2.24) is 0 Å². The van der Waals surface area contributed by atoms with Gasteiger partial charge in [-0.1, -0.05) is 109 Å². The van der Waals surface area contributed by atoms with E-state index in [4.69, 9.17) is 0 Å². The van der Waals surface area contributed by atoms with Crippen molar-refractivity contribution in [3.8, 4) is 11.1 Å². The highest BCUT2D eigenvalue weighted by molar-refractivity contribution is 6.10. The highest BCUT2D eigenvalue weighted by Crippen LogP contribution is 2.24. The minimum absolute atomic E-state index is 0.0752. The van der Waals surface area contributed by atoms with Crippen LogP contribution in [0, 0.1) is 0 Å². The van der Waals surface area contributed by atoms with Crippen LogP contribution in [0.4, 0.5) is 0 Å². The average molecular weight is 362 g/mol. The van der Waals surface area contributed by atoms with Crippen LogP contribution < -0.4 is 0 Å². The second-order valence-corrected chi connectivity index (χ2v) is 6.54. The molecule has 4 aromatic carbocycles. The molecule has 4 aliphatic carbocycles. The molecule has 8 rings (SSSR count). The SMILES string of the molecule is O=C(c1ccccc1)c1ccccc1.O=C1c2ccc(cc2)-c2ccc1cc2. The van der Waals surface area contributed by atoms with Gasteiger partial charge < -0.3 is 0 Å². The molecule has 0 N–H and O–H groups in total. The number of benzene rings is 4. The molecule has 0 heterocycles. The zero-order chi connectivity index (χ0) is 19.3. The Kier molecular flexibility index (Phi) is 4.94. The van der Waals surface area contributed by atoms with Crippen molar-refractivity contribution in [2.45, 2.75) is 0 Å². The fraction of sp³-hybridized carbons (Fsp3) is 0. The maximum Gasteiger partial charge on any atom is 0.193 e. The monoisotopic (exact) mass is 362 g/mol. The topological polar surface area (TPSA) is 34.1 Å². The van der Waals surface area contributed by atoms with Crippen LogP contribution >= 0.6 is 0 Å². The van der Waals surface area contributed by atoms with Gasteiger partial charge in [0, 0.05) is 22.3 Å². The molecule has 4 aromatic rings. The maximum absolute atomic E-state index is 11.9. The molecule has 0 fully saturated rings. The Hall–Kier alpha value is -3.78. The molecule has 4 bridgehead atoms. The highest BCUT2D eigenvalue weighted by Gasteiger charge is 2.12. The van der Waals surface area contributed by atoms with Gasteiger partial charge in [-0.25, -0.2) is 0 Å². The smallest absolute Gasteiger partial charge is 0.193 e. The van der Waals surface area contributed by atoms with Crippen LogP contribution in [0.1, 0.15) is 31.8 Å². The molecule has 0 aliphatic heterocycles. The summed E-state index contributed by atoms with van der Waals surface area (Å²) in [5.41, 5.74) is 5.32. The first-order valence-electron chi connectivity index (χ1n) is 9.12. The second kappa shape index (κ2) is 7.85. The Balaban J connectivity index is 0.000000137. The molecular weight excluding hydrogens is 344 g/mol. The molecule has 0 radical (unpaired) electrons. The number of hydrogen-bond acceptors (Lipinski definition) is 2. The van der Waals surface area contributed by atoms with E-state index in [1.54, 1.807) is 0 Å². The summed E-state index contributed by atoms with van der Waals surface area (Å²) in [4.78, 5) is 23.7. The van der Waals surface area contributed by atoms with Crippen molar-refractivity contribution in [1.29, 1.82) is 0 Å². The van der Waals surface area contributed by atoms with Gasteiger partial charge in [0.1, 0.15) is 0 Å². The summed E-state index contributed by atoms with van der Waals surface area (Å²) in [7, 11) is 0. The average Bonchev–Trinajstić information content (AvgIpc) is 2.95. The number of carbonyl (C=O) groups excluding carboxylic acids is 2. The van der Waals surface area contributed by atoms with Gasteiger partial charge in [0.05, 0.1) is 0 Å². The van der Waals surface area contributed by atoms with Gasteiger partial charge in [-0.3, -0.25) is 9.59 Å².